The molecule has 1 saturated heterocycles. The summed E-state index contributed by atoms with van der Waals surface area (Å²) in [5.41, 5.74) is 0. The standard InChI is InChI=1S/C16H26N4/c1-13-3-5-14(6-4-13)19-15-7-11-20(12-8-15)16-17-9-2-10-18-16/h2,9-10,13-15,19H,3-8,11-12H2,1H3. The summed E-state index contributed by atoms with van der Waals surface area (Å²) >= 11 is 0. The zero-order valence-corrected chi connectivity index (χ0v) is 12.5. The average molecular weight is 274 g/mol. The molecule has 3 rings (SSSR count). The Morgan fingerprint density at radius 2 is 1.55 bits per heavy atom. The van der Waals surface area contributed by atoms with Crippen LogP contribution in [0.4, 0.5) is 5.95 Å². The Labute approximate surface area is 122 Å². The minimum Gasteiger partial charge on any atom is -0.341 e. The molecule has 0 unspecified atom stereocenters. The van der Waals surface area contributed by atoms with Crippen LogP contribution in [0.3, 0.4) is 0 Å². The zero-order valence-electron chi connectivity index (χ0n) is 12.5. The third kappa shape index (κ3) is 3.48. The van der Waals surface area contributed by atoms with Crippen LogP contribution in [-0.2, 0) is 0 Å². The van der Waals surface area contributed by atoms with Crippen LogP contribution in [0.2, 0.25) is 0 Å². The lowest BCUT2D eigenvalue weighted by Gasteiger charge is -2.36. The van der Waals surface area contributed by atoms with E-state index >= 15 is 0 Å². The van der Waals surface area contributed by atoms with E-state index < -0.39 is 0 Å². The van der Waals surface area contributed by atoms with Crippen LogP contribution in [0.5, 0.6) is 0 Å². The summed E-state index contributed by atoms with van der Waals surface area (Å²) in [6.45, 7) is 4.53. The molecule has 2 fully saturated rings. The van der Waals surface area contributed by atoms with Gasteiger partial charge in [0.05, 0.1) is 0 Å². The first-order valence-corrected chi connectivity index (χ1v) is 8.09. The van der Waals surface area contributed by atoms with E-state index in [0.717, 1.165) is 31.0 Å². The molecule has 0 bridgehead atoms. The smallest absolute Gasteiger partial charge is 0.225 e. The lowest BCUT2D eigenvalue weighted by atomic mass is 9.86. The Kier molecular flexibility index (Phi) is 4.51. The number of nitrogens with zero attached hydrogens (tertiary/aromatic N) is 3. The first-order valence-electron chi connectivity index (χ1n) is 8.09. The number of rotatable bonds is 3. The summed E-state index contributed by atoms with van der Waals surface area (Å²) in [7, 11) is 0. The summed E-state index contributed by atoms with van der Waals surface area (Å²) in [5, 5.41) is 3.88. The van der Waals surface area contributed by atoms with E-state index in [0.29, 0.717) is 6.04 Å². The first kappa shape index (κ1) is 13.8. The molecule has 4 nitrogen and oxygen atoms in total. The van der Waals surface area contributed by atoms with Gasteiger partial charge in [-0.3, -0.25) is 0 Å². The molecule has 0 aromatic carbocycles. The molecule has 0 spiro atoms. The van der Waals surface area contributed by atoms with Crippen LogP contribution >= 0.6 is 0 Å². The fraction of sp³-hybridized carbons (Fsp3) is 0.750. The van der Waals surface area contributed by atoms with Crippen LogP contribution in [0, 0.1) is 5.92 Å². The van der Waals surface area contributed by atoms with E-state index in [2.05, 4.69) is 27.1 Å². The molecule has 2 aliphatic rings. The van der Waals surface area contributed by atoms with Crippen LogP contribution in [0.1, 0.15) is 45.4 Å². The normalized spacial score (nSPS) is 28.6. The summed E-state index contributed by atoms with van der Waals surface area (Å²) in [4.78, 5) is 11.0. The van der Waals surface area contributed by atoms with Crippen LogP contribution in [0.25, 0.3) is 0 Å². The fourth-order valence-corrected chi connectivity index (χ4v) is 3.46. The highest BCUT2D eigenvalue weighted by molar-refractivity contribution is 5.29. The number of piperidine rings is 1. The third-order valence-corrected chi connectivity index (χ3v) is 4.82. The minimum absolute atomic E-state index is 0.688. The lowest BCUT2D eigenvalue weighted by Crippen LogP contribution is -2.47. The first-order chi connectivity index (χ1) is 9.81. The summed E-state index contributed by atoms with van der Waals surface area (Å²) in [6.07, 6.45) is 11.6. The molecule has 20 heavy (non-hydrogen) atoms. The zero-order chi connectivity index (χ0) is 13.8. The monoisotopic (exact) mass is 274 g/mol. The maximum absolute atomic E-state index is 4.35. The second-order valence-corrected chi connectivity index (χ2v) is 6.43. The third-order valence-electron chi connectivity index (χ3n) is 4.82. The SMILES string of the molecule is CC1CCC(NC2CCN(c3ncccn3)CC2)CC1. The van der Waals surface area contributed by atoms with Gasteiger partial charge in [-0.2, -0.15) is 0 Å². The second kappa shape index (κ2) is 6.53. The van der Waals surface area contributed by atoms with Crippen molar-refractivity contribution in [3.63, 3.8) is 0 Å². The van der Waals surface area contributed by atoms with Crippen LogP contribution < -0.4 is 10.2 Å². The van der Waals surface area contributed by atoms with Gasteiger partial charge in [0.15, 0.2) is 0 Å². The quantitative estimate of drug-likeness (QED) is 0.920. The summed E-state index contributed by atoms with van der Waals surface area (Å²) in [6, 6.07) is 3.33. The van der Waals surface area contributed by atoms with Gasteiger partial charge in [0.25, 0.3) is 0 Å². The highest BCUT2D eigenvalue weighted by Gasteiger charge is 2.24. The second-order valence-electron chi connectivity index (χ2n) is 6.43. The van der Waals surface area contributed by atoms with Crippen molar-refractivity contribution in [2.45, 2.75) is 57.5 Å². The van der Waals surface area contributed by atoms with E-state index in [4.69, 9.17) is 0 Å². The Bertz CT molecular complexity index is 392. The van der Waals surface area contributed by atoms with Crippen molar-refractivity contribution in [3.05, 3.63) is 18.5 Å². The molecule has 0 radical (unpaired) electrons. The Hall–Kier alpha value is -1.16. The molecular formula is C16H26N4. The number of nitrogens with one attached hydrogen (secondary N) is 1. The molecule has 1 N–H and O–H groups in total. The molecule has 4 heteroatoms. The van der Waals surface area contributed by atoms with E-state index in [-0.39, 0.29) is 0 Å². The maximum Gasteiger partial charge on any atom is 0.225 e. The number of anilines is 1. The summed E-state index contributed by atoms with van der Waals surface area (Å²) in [5.74, 6) is 1.82. The molecule has 1 aromatic heterocycles. The average Bonchev–Trinajstić information content (AvgIpc) is 2.51. The van der Waals surface area contributed by atoms with Crippen LogP contribution in [-0.4, -0.2) is 35.1 Å². The van der Waals surface area contributed by atoms with E-state index in [1.54, 1.807) is 0 Å². The van der Waals surface area contributed by atoms with E-state index in [1.807, 2.05) is 18.5 Å². The number of hydrogen-bond acceptors (Lipinski definition) is 4. The predicted octanol–water partition coefficient (Wildman–Crippen LogP) is 2.61. The molecule has 110 valence electrons. The van der Waals surface area contributed by atoms with Gasteiger partial charge in [0.2, 0.25) is 5.95 Å². The Balaban J connectivity index is 1.44. The molecule has 1 aliphatic heterocycles. The Morgan fingerprint density at radius 1 is 0.950 bits per heavy atom. The van der Waals surface area contributed by atoms with Gasteiger partial charge in [-0.05, 0) is 50.5 Å². The van der Waals surface area contributed by atoms with Gasteiger partial charge >= 0.3 is 0 Å². The molecule has 1 aliphatic carbocycles. The molecule has 2 heterocycles. The van der Waals surface area contributed by atoms with Crippen molar-refractivity contribution in [2.75, 3.05) is 18.0 Å². The molecule has 1 saturated carbocycles. The Morgan fingerprint density at radius 3 is 2.20 bits per heavy atom. The van der Waals surface area contributed by atoms with Crippen molar-refractivity contribution in [1.82, 2.24) is 15.3 Å². The van der Waals surface area contributed by atoms with Crippen molar-refractivity contribution < 1.29 is 0 Å². The highest BCUT2D eigenvalue weighted by Crippen LogP contribution is 2.25. The van der Waals surface area contributed by atoms with Crippen molar-refractivity contribution >= 4 is 5.95 Å². The minimum atomic E-state index is 0.688. The molecule has 0 atom stereocenters. The fourth-order valence-electron chi connectivity index (χ4n) is 3.46. The van der Waals surface area contributed by atoms with E-state index in [1.165, 1.54) is 38.5 Å². The van der Waals surface area contributed by atoms with E-state index in [9.17, 15) is 0 Å². The van der Waals surface area contributed by atoms with Gasteiger partial charge in [-0.1, -0.05) is 6.92 Å². The predicted molar refractivity (Wildman–Crippen MR) is 81.8 cm³/mol. The van der Waals surface area contributed by atoms with Gasteiger partial charge in [0, 0.05) is 37.6 Å². The van der Waals surface area contributed by atoms with Crippen molar-refractivity contribution in [1.29, 1.82) is 0 Å². The van der Waals surface area contributed by atoms with Crippen molar-refractivity contribution in [3.8, 4) is 0 Å². The lowest BCUT2D eigenvalue weighted by molar-refractivity contribution is 0.270. The van der Waals surface area contributed by atoms with Gasteiger partial charge in [-0.25, -0.2) is 9.97 Å². The largest absolute Gasteiger partial charge is 0.341 e. The topological polar surface area (TPSA) is 41.0 Å². The molecular weight excluding hydrogens is 248 g/mol. The van der Waals surface area contributed by atoms with Crippen LogP contribution in [0.15, 0.2) is 18.5 Å². The maximum atomic E-state index is 4.35. The van der Waals surface area contributed by atoms with Gasteiger partial charge in [0.1, 0.15) is 0 Å². The highest BCUT2D eigenvalue weighted by atomic mass is 15.3. The molecule has 1 aromatic rings. The number of hydrogen-bond donors (Lipinski definition) is 1. The number of aromatic nitrogens is 2. The van der Waals surface area contributed by atoms with Gasteiger partial charge < -0.3 is 10.2 Å². The van der Waals surface area contributed by atoms with Crippen molar-refractivity contribution in [2.24, 2.45) is 5.92 Å². The molecule has 0 amide bonds. The van der Waals surface area contributed by atoms with Gasteiger partial charge in [-0.15, -0.1) is 0 Å². The summed E-state index contributed by atoms with van der Waals surface area (Å²) < 4.78 is 0.